The van der Waals surface area contributed by atoms with Crippen LogP contribution in [0.4, 0.5) is 8.78 Å². The standard InChI is InChI=1S/C8H6BrClF2O/c9-4-1-5(11)8(6(12)2-4)7(13)3-10/h1-2,7,13H,3H2/t7-/m1/s1. The summed E-state index contributed by atoms with van der Waals surface area (Å²) in [5.74, 6) is -1.85. The zero-order valence-electron chi connectivity index (χ0n) is 6.40. The molecular weight excluding hydrogens is 265 g/mol. The fourth-order valence-corrected chi connectivity index (χ4v) is 1.51. The Morgan fingerprint density at radius 3 is 2.23 bits per heavy atom. The zero-order chi connectivity index (χ0) is 10.0. The molecule has 1 atom stereocenters. The topological polar surface area (TPSA) is 20.2 Å². The third-order valence-corrected chi connectivity index (χ3v) is 2.27. The summed E-state index contributed by atoms with van der Waals surface area (Å²) in [7, 11) is 0. The van der Waals surface area contributed by atoms with Crippen LogP contribution in [0.2, 0.25) is 0 Å². The fourth-order valence-electron chi connectivity index (χ4n) is 0.949. The van der Waals surface area contributed by atoms with Gasteiger partial charge in [0.25, 0.3) is 0 Å². The van der Waals surface area contributed by atoms with E-state index in [-0.39, 0.29) is 10.4 Å². The summed E-state index contributed by atoms with van der Waals surface area (Å²) in [5, 5.41) is 9.15. The molecule has 1 aromatic carbocycles. The van der Waals surface area contributed by atoms with Crippen molar-refractivity contribution in [2.45, 2.75) is 6.10 Å². The van der Waals surface area contributed by atoms with Crippen LogP contribution in [-0.4, -0.2) is 11.0 Å². The van der Waals surface area contributed by atoms with Crippen molar-refractivity contribution in [3.05, 3.63) is 33.8 Å². The number of rotatable bonds is 2. The zero-order valence-corrected chi connectivity index (χ0v) is 8.74. The number of hydrogen-bond acceptors (Lipinski definition) is 1. The van der Waals surface area contributed by atoms with Gasteiger partial charge in [-0.3, -0.25) is 0 Å². The van der Waals surface area contributed by atoms with Gasteiger partial charge in [-0.2, -0.15) is 0 Å². The maximum Gasteiger partial charge on any atom is 0.133 e. The van der Waals surface area contributed by atoms with Gasteiger partial charge in [0.2, 0.25) is 0 Å². The van der Waals surface area contributed by atoms with Crippen LogP contribution in [0.5, 0.6) is 0 Å². The maximum absolute atomic E-state index is 13.1. The molecule has 0 spiro atoms. The van der Waals surface area contributed by atoms with Gasteiger partial charge in [0.05, 0.1) is 17.5 Å². The monoisotopic (exact) mass is 270 g/mol. The van der Waals surface area contributed by atoms with Crippen LogP contribution >= 0.6 is 27.5 Å². The maximum atomic E-state index is 13.1. The van der Waals surface area contributed by atoms with E-state index < -0.39 is 23.3 Å². The third kappa shape index (κ3) is 2.39. The summed E-state index contributed by atoms with van der Waals surface area (Å²) in [6.45, 7) is 0. The molecule has 0 aliphatic carbocycles. The molecule has 0 amide bonds. The summed E-state index contributed by atoms with van der Waals surface area (Å²) in [5.41, 5.74) is -0.391. The molecule has 1 nitrogen and oxygen atoms in total. The van der Waals surface area contributed by atoms with Crippen LogP contribution in [0.1, 0.15) is 11.7 Å². The molecule has 1 rings (SSSR count). The van der Waals surface area contributed by atoms with Gasteiger partial charge in [-0.05, 0) is 12.1 Å². The summed E-state index contributed by atoms with van der Waals surface area (Å²) >= 11 is 8.20. The van der Waals surface area contributed by atoms with E-state index in [0.29, 0.717) is 0 Å². The second-order valence-electron chi connectivity index (χ2n) is 2.45. The fraction of sp³-hybridized carbons (Fsp3) is 0.250. The number of alkyl halides is 1. The molecule has 0 radical (unpaired) electrons. The molecule has 0 unspecified atom stereocenters. The minimum Gasteiger partial charge on any atom is -0.387 e. The summed E-state index contributed by atoms with van der Waals surface area (Å²) in [6, 6.07) is 2.16. The highest BCUT2D eigenvalue weighted by Gasteiger charge is 2.17. The lowest BCUT2D eigenvalue weighted by Gasteiger charge is -2.09. The Morgan fingerprint density at radius 1 is 1.38 bits per heavy atom. The van der Waals surface area contributed by atoms with Gasteiger partial charge >= 0.3 is 0 Å². The first-order valence-corrected chi connectivity index (χ1v) is 4.77. The lowest BCUT2D eigenvalue weighted by Crippen LogP contribution is -2.05. The SMILES string of the molecule is O[C@H](CCl)c1c(F)cc(Br)cc1F. The predicted molar refractivity (Wildman–Crippen MR) is 49.7 cm³/mol. The normalized spacial score (nSPS) is 13.0. The van der Waals surface area contributed by atoms with Gasteiger partial charge in [-0.15, -0.1) is 11.6 Å². The number of aliphatic hydroxyl groups is 1. The van der Waals surface area contributed by atoms with Gasteiger partial charge in [0, 0.05) is 4.47 Å². The molecule has 0 aromatic heterocycles. The van der Waals surface area contributed by atoms with Crippen LogP contribution in [0.25, 0.3) is 0 Å². The van der Waals surface area contributed by atoms with Crippen LogP contribution in [0.15, 0.2) is 16.6 Å². The lowest BCUT2D eigenvalue weighted by molar-refractivity contribution is 0.192. The molecule has 5 heteroatoms. The van der Waals surface area contributed by atoms with Crippen molar-refractivity contribution in [1.29, 1.82) is 0 Å². The molecular formula is C8H6BrClF2O. The summed E-state index contributed by atoms with van der Waals surface area (Å²) in [6.07, 6.45) is -1.31. The highest BCUT2D eigenvalue weighted by molar-refractivity contribution is 9.10. The molecule has 1 aromatic rings. The Bertz CT molecular complexity index is 296. The van der Waals surface area contributed by atoms with Gasteiger partial charge < -0.3 is 5.11 Å². The minimum absolute atomic E-state index is 0.241. The summed E-state index contributed by atoms with van der Waals surface area (Å²) < 4.78 is 26.4. The van der Waals surface area contributed by atoms with Crippen LogP contribution < -0.4 is 0 Å². The van der Waals surface area contributed by atoms with Gasteiger partial charge in [0.15, 0.2) is 0 Å². The van der Waals surface area contributed by atoms with Crippen molar-refractivity contribution in [3.63, 3.8) is 0 Å². The Kier molecular flexibility index (Phi) is 3.64. The quantitative estimate of drug-likeness (QED) is 0.820. The molecule has 0 saturated heterocycles. The Balaban J connectivity index is 3.20. The molecule has 1 N–H and O–H groups in total. The molecule has 0 heterocycles. The number of aliphatic hydroxyl groups excluding tert-OH is 1. The van der Waals surface area contributed by atoms with E-state index in [4.69, 9.17) is 16.7 Å². The third-order valence-electron chi connectivity index (χ3n) is 1.52. The highest BCUT2D eigenvalue weighted by atomic mass is 79.9. The van der Waals surface area contributed by atoms with Crippen molar-refractivity contribution in [2.24, 2.45) is 0 Å². The molecule has 0 fully saturated rings. The Hall–Kier alpha value is -0.190. The van der Waals surface area contributed by atoms with E-state index in [1.54, 1.807) is 0 Å². The first-order valence-electron chi connectivity index (χ1n) is 3.44. The van der Waals surface area contributed by atoms with Gasteiger partial charge in [-0.1, -0.05) is 15.9 Å². The van der Waals surface area contributed by atoms with Crippen molar-refractivity contribution < 1.29 is 13.9 Å². The molecule has 0 aliphatic rings. The largest absolute Gasteiger partial charge is 0.387 e. The average molecular weight is 271 g/mol. The number of halogens is 4. The van der Waals surface area contributed by atoms with E-state index in [0.717, 1.165) is 12.1 Å². The Labute approximate surface area is 87.5 Å². The van der Waals surface area contributed by atoms with E-state index in [1.165, 1.54) is 0 Å². The average Bonchev–Trinajstić information content (AvgIpc) is 2.02. The Morgan fingerprint density at radius 2 is 1.85 bits per heavy atom. The van der Waals surface area contributed by atoms with Crippen molar-refractivity contribution in [1.82, 2.24) is 0 Å². The van der Waals surface area contributed by atoms with Gasteiger partial charge in [0.1, 0.15) is 11.6 Å². The molecule has 0 bridgehead atoms. The number of hydrogen-bond donors (Lipinski definition) is 1. The second-order valence-corrected chi connectivity index (χ2v) is 3.68. The second kappa shape index (κ2) is 4.35. The first-order chi connectivity index (χ1) is 6.06. The lowest BCUT2D eigenvalue weighted by atomic mass is 10.1. The number of benzene rings is 1. The smallest absolute Gasteiger partial charge is 0.133 e. The van der Waals surface area contributed by atoms with Crippen LogP contribution in [-0.2, 0) is 0 Å². The van der Waals surface area contributed by atoms with E-state index in [2.05, 4.69) is 15.9 Å². The van der Waals surface area contributed by atoms with Crippen molar-refractivity contribution in [2.75, 3.05) is 5.88 Å². The predicted octanol–water partition coefficient (Wildman–Crippen LogP) is 3.00. The minimum atomic E-state index is -1.31. The van der Waals surface area contributed by atoms with E-state index in [9.17, 15) is 8.78 Å². The van der Waals surface area contributed by atoms with Crippen molar-refractivity contribution in [3.8, 4) is 0 Å². The van der Waals surface area contributed by atoms with Crippen LogP contribution in [0, 0.1) is 11.6 Å². The summed E-state index contributed by atoms with van der Waals surface area (Å²) in [4.78, 5) is 0. The highest BCUT2D eigenvalue weighted by Crippen LogP contribution is 2.25. The molecule has 13 heavy (non-hydrogen) atoms. The van der Waals surface area contributed by atoms with Crippen LogP contribution in [0.3, 0.4) is 0 Å². The molecule has 72 valence electrons. The van der Waals surface area contributed by atoms with E-state index in [1.807, 2.05) is 0 Å². The van der Waals surface area contributed by atoms with Crippen molar-refractivity contribution >= 4 is 27.5 Å². The van der Waals surface area contributed by atoms with Gasteiger partial charge in [-0.25, -0.2) is 8.78 Å². The molecule has 0 saturated carbocycles. The molecule has 0 aliphatic heterocycles. The first kappa shape index (κ1) is 10.9. The van der Waals surface area contributed by atoms with E-state index >= 15 is 0 Å².